The van der Waals surface area contributed by atoms with Crippen molar-refractivity contribution < 1.29 is 0 Å². The van der Waals surface area contributed by atoms with Gasteiger partial charge in [0.2, 0.25) is 0 Å². The van der Waals surface area contributed by atoms with Crippen molar-refractivity contribution in [1.82, 2.24) is 14.9 Å². The Balaban J connectivity index is 1.96. The molecule has 0 amide bonds. The van der Waals surface area contributed by atoms with Crippen molar-refractivity contribution in [2.45, 2.75) is 13.0 Å². The maximum Gasteiger partial charge on any atom is 0.0945 e. The normalized spacial score (nSPS) is 10.4. The molecule has 68 valence electrons. The van der Waals surface area contributed by atoms with Crippen LogP contribution >= 0.6 is 15.9 Å². The summed E-state index contributed by atoms with van der Waals surface area (Å²) < 4.78 is 2.09. The highest BCUT2D eigenvalue weighted by atomic mass is 79.9. The molecule has 1 aromatic heterocycles. The molecule has 1 aromatic rings. The second-order valence-electron chi connectivity index (χ2n) is 2.59. The minimum Gasteiger partial charge on any atom is -0.337 e. The van der Waals surface area contributed by atoms with Crippen LogP contribution in [-0.2, 0) is 6.54 Å². The van der Waals surface area contributed by atoms with E-state index in [9.17, 15) is 0 Å². The topological polar surface area (TPSA) is 29.9 Å². The molecule has 0 bridgehead atoms. The predicted octanol–water partition coefficient (Wildman–Crippen LogP) is 1.26. The summed E-state index contributed by atoms with van der Waals surface area (Å²) in [6.45, 7) is 3.17. The largest absolute Gasteiger partial charge is 0.337 e. The molecule has 0 aliphatic rings. The van der Waals surface area contributed by atoms with Crippen LogP contribution in [0.3, 0.4) is 0 Å². The van der Waals surface area contributed by atoms with E-state index in [1.807, 2.05) is 18.7 Å². The summed E-state index contributed by atoms with van der Waals surface area (Å²) in [5, 5.41) is 4.34. The first-order valence-electron chi connectivity index (χ1n) is 4.16. The zero-order valence-corrected chi connectivity index (χ0v) is 8.63. The van der Waals surface area contributed by atoms with Crippen molar-refractivity contribution in [3.63, 3.8) is 0 Å². The van der Waals surface area contributed by atoms with Crippen molar-refractivity contribution >= 4 is 15.9 Å². The lowest BCUT2D eigenvalue weighted by Gasteiger charge is -2.02. The number of nitrogens with zero attached hydrogens (tertiary/aromatic N) is 2. The SMILES string of the molecule is BrCCNCCCn1ccnc1. The van der Waals surface area contributed by atoms with E-state index in [1.165, 1.54) is 0 Å². The van der Waals surface area contributed by atoms with Gasteiger partial charge >= 0.3 is 0 Å². The van der Waals surface area contributed by atoms with E-state index in [1.54, 1.807) is 0 Å². The van der Waals surface area contributed by atoms with Gasteiger partial charge in [0.25, 0.3) is 0 Å². The fourth-order valence-corrected chi connectivity index (χ4v) is 1.28. The number of rotatable bonds is 6. The summed E-state index contributed by atoms with van der Waals surface area (Å²) in [5.41, 5.74) is 0. The third-order valence-corrected chi connectivity index (χ3v) is 2.00. The summed E-state index contributed by atoms with van der Waals surface area (Å²) in [5.74, 6) is 0. The molecule has 0 aromatic carbocycles. The van der Waals surface area contributed by atoms with Crippen molar-refractivity contribution in [2.24, 2.45) is 0 Å². The highest BCUT2D eigenvalue weighted by Gasteiger charge is 1.89. The summed E-state index contributed by atoms with van der Waals surface area (Å²) >= 11 is 3.36. The number of imidazole rings is 1. The van der Waals surface area contributed by atoms with Crippen LogP contribution in [-0.4, -0.2) is 28.0 Å². The summed E-state index contributed by atoms with van der Waals surface area (Å²) in [4.78, 5) is 3.97. The molecule has 0 atom stereocenters. The Kier molecular flexibility index (Phi) is 5.03. The molecule has 0 aliphatic carbocycles. The van der Waals surface area contributed by atoms with E-state index >= 15 is 0 Å². The number of aromatic nitrogens is 2. The standard InChI is InChI=1S/C8H14BrN3/c9-2-4-10-3-1-6-12-7-5-11-8-12/h5,7-8,10H,1-4,6H2. The lowest BCUT2D eigenvalue weighted by atomic mass is 10.4. The molecule has 0 saturated carbocycles. The molecule has 1 rings (SSSR count). The van der Waals surface area contributed by atoms with Gasteiger partial charge in [-0.05, 0) is 13.0 Å². The first-order chi connectivity index (χ1) is 5.93. The molecule has 1 N–H and O–H groups in total. The third kappa shape index (κ3) is 3.88. The smallest absolute Gasteiger partial charge is 0.0945 e. The van der Waals surface area contributed by atoms with Crippen LogP contribution in [0.2, 0.25) is 0 Å². The molecule has 3 nitrogen and oxygen atoms in total. The summed E-state index contributed by atoms with van der Waals surface area (Å²) in [7, 11) is 0. The number of alkyl halides is 1. The van der Waals surface area contributed by atoms with Gasteiger partial charge in [0.15, 0.2) is 0 Å². The third-order valence-electron chi connectivity index (χ3n) is 1.60. The minimum absolute atomic E-state index is 1.03. The van der Waals surface area contributed by atoms with E-state index in [0.717, 1.165) is 31.4 Å². The van der Waals surface area contributed by atoms with E-state index < -0.39 is 0 Å². The van der Waals surface area contributed by atoms with Crippen LogP contribution in [0.1, 0.15) is 6.42 Å². The van der Waals surface area contributed by atoms with Gasteiger partial charge in [0.1, 0.15) is 0 Å². The van der Waals surface area contributed by atoms with E-state index in [2.05, 4.69) is 30.8 Å². The van der Waals surface area contributed by atoms with Crippen LogP contribution < -0.4 is 5.32 Å². The maximum absolute atomic E-state index is 3.97. The number of hydrogen-bond acceptors (Lipinski definition) is 2. The van der Waals surface area contributed by atoms with Gasteiger partial charge in [-0.3, -0.25) is 0 Å². The molecule has 0 unspecified atom stereocenters. The predicted molar refractivity (Wildman–Crippen MR) is 53.5 cm³/mol. The van der Waals surface area contributed by atoms with E-state index in [0.29, 0.717) is 0 Å². The van der Waals surface area contributed by atoms with Crippen molar-refractivity contribution in [2.75, 3.05) is 18.4 Å². The van der Waals surface area contributed by atoms with Gasteiger partial charge in [-0.25, -0.2) is 4.98 Å². The Morgan fingerprint density at radius 2 is 2.33 bits per heavy atom. The second kappa shape index (κ2) is 6.20. The van der Waals surface area contributed by atoms with Crippen LogP contribution in [0, 0.1) is 0 Å². The maximum atomic E-state index is 3.97. The molecular weight excluding hydrogens is 218 g/mol. The van der Waals surface area contributed by atoms with Crippen LogP contribution in [0.15, 0.2) is 18.7 Å². The second-order valence-corrected chi connectivity index (χ2v) is 3.39. The van der Waals surface area contributed by atoms with Crippen LogP contribution in [0.5, 0.6) is 0 Å². The Bertz CT molecular complexity index is 186. The Labute approximate surface area is 81.3 Å². The van der Waals surface area contributed by atoms with Crippen LogP contribution in [0.25, 0.3) is 0 Å². The molecule has 0 radical (unpaired) electrons. The van der Waals surface area contributed by atoms with E-state index in [-0.39, 0.29) is 0 Å². The number of hydrogen-bond donors (Lipinski definition) is 1. The molecule has 0 aliphatic heterocycles. The van der Waals surface area contributed by atoms with Crippen molar-refractivity contribution in [3.05, 3.63) is 18.7 Å². The molecule has 0 fully saturated rings. The van der Waals surface area contributed by atoms with Gasteiger partial charge in [0, 0.05) is 30.8 Å². The average Bonchev–Trinajstić information content (AvgIpc) is 2.57. The van der Waals surface area contributed by atoms with E-state index in [4.69, 9.17) is 0 Å². The zero-order chi connectivity index (χ0) is 8.65. The van der Waals surface area contributed by atoms with Gasteiger partial charge in [-0.1, -0.05) is 15.9 Å². The minimum atomic E-state index is 1.03. The molecule has 12 heavy (non-hydrogen) atoms. The van der Waals surface area contributed by atoms with Gasteiger partial charge in [-0.2, -0.15) is 0 Å². The number of nitrogens with one attached hydrogen (secondary N) is 1. The average molecular weight is 232 g/mol. The van der Waals surface area contributed by atoms with Gasteiger partial charge in [0.05, 0.1) is 6.33 Å². The van der Waals surface area contributed by atoms with Crippen molar-refractivity contribution in [3.8, 4) is 0 Å². The Morgan fingerprint density at radius 3 is 3.00 bits per heavy atom. The lowest BCUT2D eigenvalue weighted by molar-refractivity contribution is 0.594. The number of aryl methyl sites for hydroxylation is 1. The Hall–Kier alpha value is -0.350. The van der Waals surface area contributed by atoms with Gasteiger partial charge in [-0.15, -0.1) is 0 Å². The highest BCUT2D eigenvalue weighted by molar-refractivity contribution is 9.09. The molecular formula is C8H14BrN3. The van der Waals surface area contributed by atoms with Gasteiger partial charge < -0.3 is 9.88 Å². The quantitative estimate of drug-likeness (QED) is 0.591. The molecule has 0 spiro atoms. The molecule has 0 saturated heterocycles. The van der Waals surface area contributed by atoms with Crippen LogP contribution in [0.4, 0.5) is 0 Å². The summed E-state index contributed by atoms with van der Waals surface area (Å²) in [6.07, 6.45) is 6.81. The molecule has 4 heteroatoms. The lowest BCUT2D eigenvalue weighted by Crippen LogP contribution is -2.18. The first-order valence-corrected chi connectivity index (χ1v) is 5.28. The highest BCUT2D eigenvalue weighted by Crippen LogP contribution is 1.88. The monoisotopic (exact) mass is 231 g/mol. The first kappa shape index (κ1) is 9.74. The fraction of sp³-hybridized carbons (Fsp3) is 0.625. The molecule has 1 heterocycles. The summed E-state index contributed by atoms with van der Waals surface area (Å²) in [6, 6.07) is 0. The van der Waals surface area contributed by atoms with Crippen molar-refractivity contribution in [1.29, 1.82) is 0 Å². The Morgan fingerprint density at radius 1 is 1.42 bits per heavy atom. The fourth-order valence-electron chi connectivity index (χ4n) is 0.997. The zero-order valence-electron chi connectivity index (χ0n) is 7.04. The number of halogens is 1.